The van der Waals surface area contributed by atoms with Gasteiger partial charge in [-0.15, -0.1) is 5.06 Å². The molecule has 4 nitrogen and oxygen atoms in total. The summed E-state index contributed by atoms with van der Waals surface area (Å²) in [6.45, 7) is 6.02. The molecule has 132 valence electrons. The minimum atomic E-state index is -0.310. The summed E-state index contributed by atoms with van der Waals surface area (Å²) < 4.78 is 0. The zero-order valence-corrected chi connectivity index (χ0v) is 15.2. The maximum atomic E-state index is 11.8. The minimum absolute atomic E-state index is 0.310. The van der Waals surface area contributed by atoms with Crippen molar-refractivity contribution < 1.29 is 14.4 Å². The van der Waals surface area contributed by atoms with E-state index in [1.54, 1.807) is 13.8 Å². The molecule has 1 rings (SSSR count). The predicted molar refractivity (Wildman–Crippen MR) is 92.6 cm³/mol. The Morgan fingerprint density at radius 1 is 0.696 bits per heavy atom. The van der Waals surface area contributed by atoms with E-state index in [4.69, 9.17) is 4.84 Å². The predicted octanol–water partition coefficient (Wildman–Crippen LogP) is 4.93. The van der Waals surface area contributed by atoms with Crippen LogP contribution < -0.4 is 0 Å². The molecule has 2 amide bonds. The van der Waals surface area contributed by atoms with Gasteiger partial charge in [-0.05, 0) is 20.3 Å². The van der Waals surface area contributed by atoms with E-state index >= 15 is 0 Å². The molecule has 0 aromatic rings. The zero-order valence-electron chi connectivity index (χ0n) is 15.2. The van der Waals surface area contributed by atoms with Gasteiger partial charge in [-0.2, -0.15) is 0 Å². The summed E-state index contributed by atoms with van der Waals surface area (Å²) in [5, 5.41) is 0.918. The Labute approximate surface area is 141 Å². The lowest BCUT2D eigenvalue weighted by molar-refractivity contribution is -0.186. The van der Waals surface area contributed by atoms with Crippen LogP contribution in [0.4, 0.5) is 0 Å². The lowest BCUT2D eigenvalue weighted by Crippen LogP contribution is -2.32. The number of hydrogen-bond donors (Lipinski definition) is 0. The normalized spacial score (nSPS) is 15.2. The van der Waals surface area contributed by atoms with Gasteiger partial charge in [0.25, 0.3) is 11.8 Å². The number of imide groups is 1. The molecule has 0 saturated carbocycles. The molecule has 1 aliphatic heterocycles. The quantitative estimate of drug-likeness (QED) is 0.356. The third-order valence-corrected chi connectivity index (χ3v) is 4.54. The van der Waals surface area contributed by atoms with Crippen molar-refractivity contribution in [3.63, 3.8) is 0 Å². The molecule has 0 aromatic heterocycles. The van der Waals surface area contributed by atoms with Crippen molar-refractivity contribution in [3.8, 4) is 0 Å². The van der Waals surface area contributed by atoms with Crippen molar-refractivity contribution in [2.45, 2.75) is 91.4 Å². The van der Waals surface area contributed by atoms with Gasteiger partial charge in [-0.25, -0.2) is 0 Å². The van der Waals surface area contributed by atoms with Crippen molar-refractivity contribution in [1.82, 2.24) is 5.06 Å². The summed E-state index contributed by atoms with van der Waals surface area (Å²) in [5.74, 6) is -0.619. The zero-order chi connectivity index (χ0) is 17.1. The van der Waals surface area contributed by atoms with Crippen LogP contribution in [0.15, 0.2) is 11.1 Å². The molecule has 0 saturated heterocycles. The first-order chi connectivity index (χ1) is 11.1. The largest absolute Gasteiger partial charge is 0.281 e. The van der Waals surface area contributed by atoms with Crippen LogP contribution in [-0.2, 0) is 14.4 Å². The molecule has 0 radical (unpaired) electrons. The molecule has 0 unspecified atom stereocenters. The number of amides is 2. The van der Waals surface area contributed by atoms with Crippen LogP contribution in [0.3, 0.4) is 0 Å². The maximum absolute atomic E-state index is 11.8. The third-order valence-electron chi connectivity index (χ3n) is 4.54. The number of hydrogen-bond acceptors (Lipinski definition) is 3. The van der Waals surface area contributed by atoms with Crippen LogP contribution in [0, 0.1) is 0 Å². The van der Waals surface area contributed by atoms with Crippen molar-refractivity contribution in [2.75, 3.05) is 6.61 Å². The highest BCUT2D eigenvalue weighted by Gasteiger charge is 2.34. The van der Waals surface area contributed by atoms with Crippen LogP contribution in [0.1, 0.15) is 91.4 Å². The average molecular weight is 323 g/mol. The molecule has 1 heterocycles. The van der Waals surface area contributed by atoms with Crippen LogP contribution in [0.25, 0.3) is 0 Å². The first-order valence-electron chi connectivity index (χ1n) is 9.28. The van der Waals surface area contributed by atoms with Gasteiger partial charge in [0, 0.05) is 11.1 Å². The Hall–Kier alpha value is -1.16. The van der Waals surface area contributed by atoms with E-state index in [9.17, 15) is 9.59 Å². The molecule has 23 heavy (non-hydrogen) atoms. The minimum Gasteiger partial charge on any atom is -0.267 e. The van der Waals surface area contributed by atoms with Gasteiger partial charge in [0.2, 0.25) is 0 Å². The Bertz CT molecular complexity index is 391. The number of rotatable bonds is 13. The monoisotopic (exact) mass is 323 g/mol. The first kappa shape index (κ1) is 19.9. The Morgan fingerprint density at radius 3 is 1.52 bits per heavy atom. The van der Waals surface area contributed by atoms with Crippen molar-refractivity contribution in [3.05, 3.63) is 11.1 Å². The summed E-state index contributed by atoms with van der Waals surface area (Å²) >= 11 is 0. The molecule has 0 aliphatic carbocycles. The number of nitrogens with zero attached hydrogens (tertiary/aromatic N) is 1. The smallest absolute Gasteiger partial charge is 0.267 e. The molecule has 1 aliphatic rings. The molecule has 0 spiro atoms. The Morgan fingerprint density at radius 2 is 1.09 bits per heavy atom. The van der Waals surface area contributed by atoms with Crippen LogP contribution in [-0.4, -0.2) is 23.5 Å². The fourth-order valence-electron chi connectivity index (χ4n) is 2.76. The Balaban J connectivity index is 1.93. The van der Waals surface area contributed by atoms with Gasteiger partial charge < -0.3 is 0 Å². The van der Waals surface area contributed by atoms with Crippen LogP contribution in [0.2, 0.25) is 0 Å². The third kappa shape index (κ3) is 6.86. The fraction of sp³-hybridized carbons (Fsp3) is 0.789. The van der Waals surface area contributed by atoms with E-state index < -0.39 is 0 Å². The summed E-state index contributed by atoms with van der Waals surface area (Å²) in [6.07, 6.45) is 14.0. The molecular formula is C19H33NO3. The van der Waals surface area contributed by atoms with Crippen LogP contribution in [0.5, 0.6) is 0 Å². The van der Waals surface area contributed by atoms with E-state index in [0.29, 0.717) is 17.8 Å². The molecular weight excluding hydrogens is 290 g/mol. The first-order valence-corrected chi connectivity index (χ1v) is 9.28. The fourth-order valence-corrected chi connectivity index (χ4v) is 2.76. The second kappa shape index (κ2) is 11.4. The van der Waals surface area contributed by atoms with E-state index in [1.165, 1.54) is 57.8 Å². The molecule has 0 fully saturated rings. The van der Waals surface area contributed by atoms with E-state index in [0.717, 1.165) is 17.9 Å². The molecule has 4 heteroatoms. The summed E-state index contributed by atoms with van der Waals surface area (Å²) in [7, 11) is 0. The second-order valence-corrected chi connectivity index (χ2v) is 6.52. The number of carbonyl (C=O) groups excluding carboxylic acids is 2. The molecule has 0 aromatic carbocycles. The van der Waals surface area contributed by atoms with Gasteiger partial charge in [-0.1, -0.05) is 71.1 Å². The second-order valence-electron chi connectivity index (χ2n) is 6.52. The highest BCUT2D eigenvalue weighted by molar-refractivity contribution is 6.17. The number of hydroxylamine groups is 2. The SMILES string of the molecule is CCCCCCCCCCCCCON1C(=O)C(C)=C(C)C1=O. The van der Waals surface area contributed by atoms with E-state index in [2.05, 4.69) is 6.92 Å². The topological polar surface area (TPSA) is 46.6 Å². The van der Waals surface area contributed by atoms with Gasteiger partial charge in [-0.3, -0.25) is 14.4 Å². The van der Waals surface area contributed by atoms with E-state index in [1.807, 2.05) is 0 Å². The van der Waals surface area contributed by atoms with Gasteiger partial charge in [0.05, 0.1) is 6.61 Å². The van der Waals surface area contributed by atoms with Gasteiger partial charge in [0.15, 0.2) is 0 Å². The maximum Gasteiger partial charge on any atom is 0.281 e. The van der Waals surface area contributed by atoms with Crippen molar-refractivity contribution >= 4 is 11.8 Å². The molecule has 0 bridgehead atoms. The number of carbonyl (C=O) groups is 2. The summed E-state index contributed by atoms with van der Waals surface area (Å²) in [6, 6.07) is 0. The molecule has 0 atom stereocenters. The lowest BCUT2D eigenvalue weighted by Gasteiger charge is -2.14. The highest BCUT2D eigenvalue weighted by atomic mass is 16.7. The Kier molecular flexibility index (Phi) is 9.85. The van der Waals surface area contributed by atoms with Gasteiger partial charge >= 0.3 is 0 Å². The van der Waals surface area contributed by atoms with Gasteiger partial charge in [0.1, 0.15) is 0 Å². The summed E-state index contributed by atoms with van der Waals surface area (Å²) in [5.41, 5.74) is 0.989. The van der Waals surface area contributed by atoms with Crippen molar-refractivity contribution in [1.29, 1.82) is 0 Å². The van der Waals surface area contributed by atoms with Crippen LogP contribution >= 0.6 is 0 Å². The standard InChI is InChI=1S/C19H33NO3/c1-4-5-6-7-8-9-10-11-12-13-14-15-23-20-18(21)16(2)17(3)19(20)22/h4-15H2,1-3H3. The van der Waals surface area contributed by atoms with Crippen molar-refractivity contribution in [2.24, 2.45) is 0 Å². The highest BCUT2D eigenvalue weighted by Crippen LogP contribution is 2.20. The molecule has 0 N–H and O–H groups in total. The summed E-state index contributed by atoms with van der Waals surface area (Å²) in [4.78, 5) is 28.9. The lowest BCUT2D eigenvalue weighted by atomic mass is 10.1. The van der Waals surface area contributed by atoms with E-state index in [-0.39, 0.29) is 11.8 Å². The number of unbranched alkanes of at least 4 members (excludes halogenated alkanes) is 10. The average Bonchev–Trinajstić information content (AvgIpc) is 2.73.